The van der Waals surface area contributed by atoms with E-state index in [1.165, 1.54) is 87.9 Å². The number of aliphatic hydroxyl groups excluding tert-OH is 1. The van der Waals surface area contributed by atoms with Gasteiger partial charge in [0.05, 0.1) is 17.8 Å². The van der Waals surface area contributed by atoms with Crippen LogP contribution in [0.5, 0.6) is 0 Å². The fourth-order valence-corrected chi connectivity index (χ4v) is 7.83. The molecule has 3 heteroatoms. The third-order valence-electron chi connectivity index (χ3n) is 11.2. The summed E-state index contributed by atoms with van der Waals surface area (Å²) < 4.78 is 10.4. The zero-order chi connectivity index (χ0) is 28.0. The molecule has 7 saturated carbocycles. The van der Waals surface area contributed by atoms with Crippen LogP contribution in [0.1, 0.15) is 144 Å². The third-order valence-corrected chi connectivity index (χ3v) is 11.2. The quantitative estimate of drug-likeness (QED) is 0.349. The summed E-state index contributed by atoms with van der Waals surface area (Å²) in [6.07, 6.45) is 24.9. The summed E-state index contributed by atoms with van der Waals surface area (Å²) in [5, 5.41) is 8.76. The van der Waals surface area contributed by atoms with E-state index in [0.29, 0.717) is 11.7 Å². The molecule has 1 N–H and O–H groups in total. The van der Waals surface area contributed by atoms with Crippen molar-refractivity contribution in [3.8, 4) is 0 Å². The van der Waals surface area contributed by atoms with Crippen LogP contribution < -0.4 is 0 Å². The maximum absolute atomic E-state index is 8.76. The first kappa shape index (κ1) is 31.8. The van der Waals surface area contributed by atoms with Crippen molar-refractivity contribution in [3.05, 3.63) is 0 Å². The van der Waals surface area contributed by atoms with Crippen molar-refractivity contribution in [3.63, 3.8) is 0 Å². The van der Waals surface area contributed by atoms with Crippen molar-refractivity contribution >= 4 is 0 Å². The van der Waals surface area contributed by atoms with E-state index < -0.39 is 0 Å². The number of fused-ring (bicyclic) bond motifs is 3. The zero-order valence-corrected chi connectivity index (χ0v) is 26.8. The van der Waals surface area contributed by atoms with Gasteiger partial charge < -0.3 is 14.6 Å². The van der Waals surface area contributed by atoms with Crippen LogP contribution in [0.3, 0.4) is 0 Å². The zero-order valence-electron chi connectivity index (χ0n) is 26.8. The van der Waals surface area contributed by atoms with Gasteiger partial charge in [-0.2, -0.15) is 0 Å². The highest BCUT2D eigenvalue weighted by Gasteiger charge is 2.54. The van der Waals surface area contributed by atoms with Crippen LogP contribution in [-0.4, -0.2) is 36.6 Å². The minimum absolute atomic E-state index is 0.0625. The number of rotatable bonds is 5. The second-order valence-corrected chi connectivity index (χ2v) is 15.7. The smallest absolute Gasteiger partial charge is 0.0923 e. The molecule has 0 radical (unpaired) electrons. The van der Waals surface area contributed by atoms with Crippen LogP contribution in [0.25, 0.3) is 0 Å². The molecule has 1 saturated heterocycles. The molecule has 1 aliphatic heterocycles. The number of hydrogen-bond acceptors (Lipinski definition) is 3. The van der Waals surface area contributed by atoms with Gasteiger partial charge in [-0.1, -0.05) is 52.9 Å². The lowest BCUT2D eigenvalue weighted by Gasteiger charge is -2.18. The summed E-state index contributed by atoms with van der Waals surface area (Å²) in [6, 6.07) is 0. The normalized spacial score (nSPS) is 42.8. The summed E-state index contributed by atoms with van der Waals surface area (Å²) in [7, 11) is 1.76. The van der Waals surface area contributed by atoms with E-state index in [2.05, 4.69) is 27.7 Å². The summed E-state index contributed by atoms with van der Waals surface area (Å²) in [4.78, 5) is 0. The summed E-state index contributed by atoms with van der Waals surface area (Å²) in [5.74, 6) is 9.60. The first-order chi connectivity index (χ1) is 18.7. The highest BCUT2D eigenvalue weighted by molar-refractivity contribution is 5.02. The minimum atomic E-state index is -0.0625. The first-order valence-corrected chi connectivity index (χ1v) is 17.5. The van der Waals surface area contributed by atoms with Crippen LogP contribution in [-0.2, 0) is 9.47 Å². The summed E-state index contributed by atoms with van der Waals surface area (Å²) in [6.45, 7) is 12.1. The van der Waals surface area contributed by atoms with Crippen molar-refractivity contribution in [1.82, 2.24) is 0 Å². The summed E-state index contributed by atoms with van der Waals surface area (Å²) >= 11 is 0. The second kappa shape index (κ2) is 14.9. The third kappa shape index (κ3) is 12.0. The van der Waals surface area contributed by atoms with E-state index in [1.54, 1.807) is 45.6 Å². The Labute approximate surface area is 243 Å². The molecule has 0 aromatic carbocycles. The van der Waals surface area contributed by atoms with Gasteiger partial charge in [0.2, 0.25) is 0 Å². The molecule has 0 amide bonds. The molecule has 8 aliphatic rings. The molecule has 0 aromatic heterocycles. The molecule has 10 atom stereocenters. The molecule has 8 fully saturated rings. The second-order valence-electron chi connectivity index (χ2n) is 15.7. The standard InChI is InChI=1S/C9H16.C8H14O.C8H14.C6H12O.C5H10O/c1-2-7-3-4-8-6-9(8)5-7;1-6-3-4-7-8(2,5-6)9-7;1-6-2-3-7-5-8(7)4-6;1-5(7)4-6-2-3-6;1-6-4-5-2-3-5/h7-9H,2-6H2,1H3;6-7H,3-5H2,1-2H3;6-8H,2-5H2,1H3;5-7H,2-4H2,1H3;5H,2-4H2,1H3. The maximum Gasteiger partial charge on any atom is 0.0923 e. The molecule has 39 heavy (non-hydrogen) atoms. The van der Waals surface area contributed by atoms with Crippen molar-refractivity contribution < 1.29 is 14.6 Å². The predicted molar refractivity (Wildman–Crippen MR) is 164 cm³/mol. The van der Waals surface area contributed by atoms with Crippen LogP contribution in [0, 0.1) is 53.3 Å². The van der Waals surface area contributed by atoms with Gasteiger partial charge in [-0.15, -0.1) is 0 Å². The fourth-order valence-electron chi connectivity index (χ4n) is 7.83. The van der Waals surface area contributed by atoms with E-state index in [4.69, 9.17) is 14.6 Å². The number of hydrogen-bond donors (Lipinski definition) is 1. The topological polar surface area (TPSA) is 42.0 Å². The average molecular weight is 547 g/mol. The molecule has 0 spiro atoms. The van der Waals surface area contributed by atoms with Crippen LogP contribution in [0.15, 0.2) is 0 Å². The van der Waals surface area contributed by atoms with Gasteiger partial charge in [0, 0.05) is 13.7 Å². The fraction of sp³-hybridized carbons (Fsp3) is 1.00. The van der Waals surface area contributed by atoms with Gasteiger partial charge in [-0.25, -0.2) is 0 Å². The molecule has 7 aliphatic carbocycles. The lowest BCUT2D eigenvalue weighted by atomic mass is 9.84. The predicted octanol–water partition coefficient (Wildman–Crippen LogP) is 9.45. The highest BCUT2D eigenvalue weighted by atomic mass is 16.6. The SMILES string of the molecule is CC(O)CC1CC1.CC1CCC2CC2C1.CC1CCC2OC2(C)C1.CCC1CCC2CC2C1.COCC1CC1. The molecule has 1 heterocycles. The van der Waals surface area contributed by atoms with Gasteiger partial charge >= 0.3 is 0 Å². The largest absolute Gasteiger partial charge is 0.393 e. The number of ether oxygens (including phenoxy) is 2. The monoisotopic (exact) mass is 547 g/mol. The molecule has 10 unspecified atom stereocenters. The first-order valence-electron chi connectivity index (χ1n) is 17.5. The Morgan fingerprint density at radius 2 is 1.33 bits per heavy atom. The number of aliphatic hydroxyl groups is 1. The summed E-state index contributed by atoms with van der Waals surface area (Å²) in [5.41, 5.74) is 0.317. The molecule has 0 bridgehead atoms. The lowest BCUT2D eigenvalue weighted by molar-refractivity contribution is 0.177. The van der Waals surface area contributed by atoms with Gasteiger partial charge in [-0.3, -0.25) is 0 Å². The van der Waals surface area contributed by atoms with Gasteiger partial charge in [0.15, 0.2) is 0 Å². The Hall–Kier alpha value is -0.120. The number of methoxy groups -OCH3 is 1. The van der Waals surface area contributed by atoms with Crippen molar-refractivity contribution in [2.75, 3.05) is 13.7 Å². The minimum Gasteiger partial charge on any atom is -0.393 e. The molecule has 8 rings (SSSR count). The molecular weight excluding hydrogens is 480 g/mol. The lowest BCUT2D eigenvalue weighted by Crippen LogP contribution is -2.20. The highest BCUT2D eigenvalue weighted by Crippen LogP contribution is 2.52. The van der Waals surface area contributed by atoms with E-state index in [9.17, 15) is 0 Å². The van der Waals surface area contributed by atoms with Crippen molar-refractivity contribution in [2.24, 2.45) is 53.3 Å². The Morgan fingerprint density at radius 1 is 0.744 bits per heavy atom. The molecule has 3 nitrogen and oxygen atoms in total. The van der Waals surface area contributed by atoms with Crippen LogP contribution in [0.2, 0.25) is 0 Å². The Balaban J connectivity index is 0.000000114. The number of epoxide rings is 1. The van der Waals surface area contributed by atoms with Gasteiger partial charge in [0.1, 0.15) is 0 Å². The molecule has 228 valence electrons. The van der Waals surface area contributed by atoms with E-state index >= 15 is 0 Å². The Kier molecular flexibility index (Phi) is 12.1. The van der Waals surface area contributed by atoms with Gasteiger partial charge in [-0.05, 0) is 144 Å². The Morgan fingerprint density at radius 3 is 1.74 bits per heavy atom. The van der Waals surface area contributed by atoms with E-state index in [-0.39, 0.29) is 6.10 Å². The average Bonchev–Trinajstić information content (AvgIpc) is 3.70. The van der Waals surface area contributed by atoms with Crippen LogP contribution >= 0.6 is 0 Å². The van der Waals surface area contributed by atoms with E-state index in [0.717, 1.165) is 42.6 Å². The molecule has 0 aromatic rings. The Bertz CT molecular complexity index is 699. The van der Waals surface area contributed by atoms with Gasteiger partial charge in [0.25, 0.3) is 0 Å². The van der Waals surface area contributed by atoms with E-state index in [1.807, 2.05) is 6.92 Å². The van der Waals surface area contributed by atoms with Crippen LogP contribution in [0.4, 0.5) is 0 Å². The van der Waals surface area contributed by atoms with Crippen molar-refractivity contribution in [1.29, 1.82) is 0 Å². The molecular formula is C36H66O3. The maximum atomic E-state index is 8.76. The van der Waals surface area contributed by atoms with Crippen molar-refractivity contribution in [2.45, 2.75) is 162 Å².